The van der Waals surface area contributed by atoms with Crippen molar-refractivity contribution in [3.8, 4) is 11.5 Å². The summed E-state index contributed by atoms with van der Waals surface area (Å²) in [4.78, 5) is 1.70. The Morgan fingerprint density at radius 1 is 0.864 bits per heavy atom. The largest absolute Gasteiger partial charge is 0.457 e. The second kappa shape index (κ2) is 7.66. The minimum absolute atomic E-state index is 0.728. The molecule has 1 aliphatic rings. The van der Waals surface area contributed by atoms with E-state index in [2.05, 4.69) is 18.2 Å². The van der Waals surface area contributed by atoms with Gasteiger partial charge < -0.3 is 9.64 Å². The van der Waals surface area contributed by atoms with Crippen molar-refractivity contribution >= 4 is 11.6 Å². The first-order chi connectivity index (χ1) is 10.8. The number of quaternary nitrogens is 1. The van der Waals surface area contributed by atoms with Gasteiger partial charge in [-0.15, -0.1) is 0 Å². The average Bonchev–Trinajstić information content (AvgIpc) is 2.79. The van der Waals surface area contributed by atoms with E-state index in [1.807, 2.05) is 30.3 Å². The van der Waals surface area contributed by atoms with Crippen molar-refractivity contribution in [2.45, 2.75) is 32.2 Å². The highest BCUT2D eigenvalue weighted by Crippen LogP contribution is 2.23. The lowest BCUT2D eigenvalue weighted by Gasteiger charge is -2.17. The number of likely N-dealkylation sites (tertiary alicyclic amines) is 1. The molecule has 3 rings (SSSR count). The predicted octanol–water partition coefficient (Wildman–Crippen LogP) is 4.09. The molecule has 0 amide bonds. The van der Waals surface area contributed by atoms with Gasteiger partial charge in [-0.3, -0.25) is 0 Å². The predicted molar refractivity (Wildman–Crippen MR) is 90.8 cm³/mol. The molecule has 0 spiro atoms. The van der Waals surface area contributed by atoms with E-state index in [0.29, 0.717) is 0 Å². The third-order valence-corrected chi connectivity index (χ3v) is 4.46. The van der Waals surface area contributed by atoms with Crippen molar-refractivity contribution in [2.24, 2.45) is 0 Å². The van der Waals surface area contributed by atoms with Gasteiger partial charge in [0.25, 0.3) is 0 Å². The smallest absolute Gasteiger partial charge is 0.127 e. The topological polar surface area (TPSA) is 13.7 Å². The van der Waals surface area contributed by atoms with Crippen LogP contribution in [0.5, 0.6) is 11.5 Å². The Labute approximate surface area is 137 Å². The normalized spacial score (nSPS) is 16.2. The van der Waals surface area contributed by atoms with Gasteiger partial charge in [-0.05, 0) is 62.1 Å². The lowest BCUT2D eigenvalue weighted by atomic mass is 10.2. The number of nitrogens with one attached hydrogen (secondary N) is 1. The number of rotatable bonds is 4. The molecule has 0 radical (unpaired) electrons. The molecule has 0 aromatic heterocycles. The van der Waals surface area contributed by atoms with Gasteiger partial charge in [0.1, 0.15) is 18.0 Å². The van der Waals surface area contributed by atoms with E-state index in [-0.39, 0.29) is 0 Å². The summed E-state index contributed by atoms with van der Waals surface area (Å²) in [7, 11) is 0. The number of ether oxygens (including phenoxy) is 1. The fraction of sp³-hybridized carbons (Fsp3) is 0.368. The Balaban J connectivity index is 1.65. The van der Waals surface area contributed by atoms with Crippen LogP contribution in [-0.4, -0.2) is 13.1 Å². The first-order valence-corrected chi connectivity index (χ1v) is 8.53. The summed E-state index contributed by atoms with van der Waals surface area (Å²) < 4.78 is 5.92. The third kappa shape index (κ3) is 4.49. The highest BCUT2D eigenvalue weighted by molar-refractivity contribution is 6.30. The van der Waals surface area contributed by atoms with Crippen LogP contribution >= 0.6 is 11.6 Å². The van der Waals surface area contributed by atoms with Crippen LogP contribution < -0.4 is 9.64 Å². The summed E-state index contributed by atoms with van der Waals surface area (Å²) in [5.41, 5.74) is 1.35. The minimum atomic E-state index is 0.728. The summed E-state index contributed by atoms with van der Waals surface area (Å²) in [6.45, 7) is 3.68. The molecule has 0 aliphatic carbocycles. The van der Waals surface area contributed by atoms with Crippen molar-refractivity contribution in [1.82, 2.24) is 0 Å². The van der Waals surface area contributed by atoms with Gasteiger partial charge in [0.2, 0.25) is 0 Å². The number of hydrogen-bond acceptors (Lipinski definition) is 1. The maximum absolute atomic E-state index is 5.92. The van der Waals surface area contributed by atoms with Crippen LogP contribution in [0.3, 0.4) is 0 Å². The molecular formula is C19H23ClNO+. The summed E-state index contributed by atoms with van der Waals surface area (Å²) in [6.07, 6.45) is 5.50. The number of halogens is 1. The van der Waals surface area contributed by atoms with E-state index in [1.165, 1.54) is 44.3 Å². The Morgan fingerprint density at radius 2 is 1.59 bits per heavy atom. The summed E-state index contributed by atoms with van der Waals surface area (Å²) in [5, 5.41) is 0.728. The summed E-state index contributed by atoms with van der Waals surface area (Å²) in [6, 6.07) is 15.9. The van der Waals surface area contributed by atoms with E-state index in [9.17, 15) is 0 Å². The maximum atomic E-state index is 5.92. The second-order valence-electron chi connectivity index (χ2n) is 6.04. The maximum Gasteiger partial charge on any atom is 0.127 e. The molecule has 0 saturated carbocycles. The van der Waals surface area contributed by atoms with E-state index in [1.54, 1.807) is 4.90 Å². The van der Waals surface area contributed by atoms with Crippen molar-refractivity contribution in [2.75, 3.05) is 13.1 Å². The van der Waals surface area contributed by atoms with Gasteiger partial charge in [0.05, 0.1) is 13.1 Å². The molecule has 0 unspecified atom stereocenters. The molecule has 1 N–H and O–H groups in total. The molecule has 2 nitrogen and oxygen atoms in total. The molecule has 22 heavy (non-hydrogen) atoms. The third-order valence-electron chi connectivity index (χ3n) is 4.21. The van der Waals surface area contributed by atoms with Crippen molar-refractivity contribution in [1.29, 1.82) is 0 Å². The van der Waals surface area contributed by atoms with Crippen LogP contribution in [0.2, 0.25) is 5.02 Å². The molecule has 0 atom stereocenters. The van der Waals surface area contributed by atoms with Gasteiger partial charge in [0.15, 0.2) is 0 Å². The van der Waals surface area contributed by atoms with Crippen molar-refractivity contribution in [3.05, 3.63) is 59.1 Å². The summed E-state index contributed by atoms with van der Waals surface area (Å²) >= 11 is 5.90. The van der Waals surface area contributed by atoms with E-state index in [4.69, 9.17) is 16.3 Å². The van der Waals surface area contributed by atoms with Gasteiger partial charge in [-0.1, -0.05) is 23.7 Å². The number of hydrogen-bond donors (Lipinski definition) is 1. The van der Waals surface area contributed by atoms with Gasteiger partial charge in [-0.25, -0.2) is 0 Å². The Kier molecular flexibility index (Phi) is 5.36. The van der Waals surface area contributed by atoms with Crippen LogP contribution in [0.1, 0.15) is 31.2 Å². The monoisotopic (exact) mass is 316 g/mol. The highest BCUT2D eigenvalue weighted by Gasteiger charge is 2.13. The van der Waals surface area contributed by atoms with E-state index < -0.39 is 0 Å². The van der Waals surface area contributed by atoms with Crippen LogP contribution in [0.25, 0.3) is 0 Å². The first kappa shape index (κ1) is 15.4. The first-order valence-electron chi connectivity index (χ1n) is 8.15. The van der Waals surface area contributed by atoms with Crippen molar-refractivity contribution < 1.29 is 9.64 Å². The Morgan fingerprint density at radius 3 is 2.32 bits per heavy atom. The van der Waals surface area contributed by atoms with Crippen LogP contribution in [0, 0.1) is 0 Å². The van der Waals surface area contributed by atoms with Gasteiger partial charge in [0, 0.05) is 10.6 Å². The molecule has 1 fully saturated rings. The van der Waals surface area contributed by atoms with Crippen molar-refractivity contribution in [3.63, 3.8) is 0 Å². The van der Waals surface area contributed by atoms with E-state index >= 15 is 0 Å². The molecule has 0 bridgehead atoms. The standard InChI is InChI=1S/C19H22ClNO/c20-17-8-10-18(11-9-17)22-19-7-5-6-16(14-19)15-21-12-3-1-2-4-13-21/h5-11,14H,1-4,12-13,15H2/p+1. The SMILES string of the molecule is Clc1ccc(Oc2cccc(C[NH+]3CCCCCC3)c2)cc1. The fourth-order valence-corrected chi connectivity index (χ4v) is 3.18. The van der Waals surface area contributed by atoms with Gasteiger partial charge in [-0.2, -0.15) is 0 Å². The second-order valence-corrected chi connectivity index (χ2v) is 6.48. The molecule has 2 aromatic carbocycles. The van der Waals surface area contributed by atoms with Crippen LogP contribution in [0.4, 0.5) is 0 Å². The zero-order valence-electron chi connectivity index (χ0n) is 12.9. The lowest BCUT2D eigenvalue weighted by molar-refractivity contribution is -0.913. The summed E-state index contributed by atoms with van der Waals surface area (Å²) in [5.74, 6) is 1.72. The fourth-order valence-electron chi connectivity index (χ4n) is 3.05. The Hall–Kier alpha value is -1.51. The quantitative estimate of drug-likeness (QED) is 0.897. The molecule has 1 saturated heterocycles. The molecular weight excluding hydrogens is 294 g/mol. The molecule has 1 heterocycles. The molecule has 1 aliphatic heterocycles. The van der Waals surface area contributed by atoms with Gasteiger partial charge >= 0.3 is 0 Å². The zero-order chi connectivity index (χ0) is 15.2. The molecule has 116 valence electrons. The number of benzene rings is 2. The zero-order valence-corrected chi connectivity index (χ0v) is 13.6. The van der Waals surface area contributed by atoms with Crippen LogP contribution in [-0.2, 0) is 6.54 Å². The molecule has 2 aromatic rings. The average molecular weight is 317 g/mol. The van der Waals surface area contributed by atoms with E-state index in [0.717, 1.165) is 23.1 Å². The lowest BCUT2D eigenvalue weighted by Crippen LogP contribution is -3.10. The highest BCUT2D eigenvalue weighted by atomic mass is 35.5. The Bertz CT molecular complexity index is 589. The minimum Gasteiger partial charge on any atom is -0.457 e. The van der Waals surface area contributed by atoms with Crippen LogP contribution in [0.15, 0.2) is 48.5 Å². The molecule has 3 heteroatoms.